The number of aromatic nitrogens is 4. The fraction of sp³-hybridized carbons (Fsp3) is 0. The first-order valence-electron chi connectivity index (χ1n) is 14.9. The number of rotatable bonds is 4. The van der Waals surface area contributed by atoms with Crippen LogP contribution < -0.4 is 0 Å². The van der Waals surface area contributed by atoms with Crippen LogP contribution in [0.15, 0.2) is 150 Å². The smallest absolute Gasteiger partial charge is 0.227 e. The summed E-state index contributed by atoms with van der Waals surface area (Å²) in [5, 5.41) is 6.30. The molecule has 0 fully saturated rings. The van der Waals surface area contributed by atoms with Crippen LogP contribution in [-0.2, 0) is 0 Å². The number of fused-ring (bicyclic) bond motifs is 7. The van der Waals surface area contributed by atoms with E-state index in [1.165, 1.54) is 0 Å². The Morgan fingerprint density at radius 1 is 0.378 bits per heavy atom. The van der Waals surface area contributed by atoms with E-state index < -0.39 is 0 Å². The average molecular weight is 577 g/mol. The van der Waals surface area contributed by atoms with Crippen molar-refractivity contribution in [3.05, 3.63) is 146 Å². The third-order valence-corrected chi connectivity index (χ3v) is 8.35. The van der Waals surface area contributed by atoms with E-state index in [-0.39, 0.29) is 0 Å². The largest absolute Gasteiger partial charge is 0.435 e. The normalized spacial score (nSPS) is 11.6. The summed E-state index contributed by atoms with van der Waals surface area (Å²) < 4.78 is 6.54. The van der Waals surface area contributed by atoms with Crippen molar-refractivity contribution in [3.8, 4) is 45.6 Å². The van der Waals surface area contributed by atoms with E-state index in [9.17, 15) is 0 Å². The minimum atomic E-state index is 0.596. The Morgan fingerprint density at radius 2 is 0.933 bits per heavy atom. The predicted octanol–water partition coefficient (Wildman–Crippen LogP) is 10.1. The molecule has 0 unspecified atom stereocenters. The van der Waals surface area contributed by atoms with Crippen LogP contribution in [0.3, 0.4) is 0 Å². The van der Waals surface area contributed by atoms with Crippen molar-refractivity contribution in [2.24, 2.45) is 0 Å². The molecule has 0 aliphatic carbocycles. The van der Waals surface area contributed by atoms with Crippen LogP contribution in [0.1, 0.15) is 0 Å². The van der Waals surface area contributed by atoms with Crippen molar-refractivity contribution < 1.29 is 4.42 Å². The molecule has 2 heterocycles. The van der Waals surface area contributed by atoms with E-state index >= 15 is 0 Å². The van der Waals surface area contributed by atoms with E-state index in [0.29, 0.717) is 23.4 Å². The molecule has 0 saturated carbocycles. The van der Waals surface area contributed by atoms with Gasteiger partial charge in [0.1, 0.15) is 5.52 Å². The van der Waals surface area contributed by atoms with Gasteiger partial charge in [-0.05, 0) is 28.3 Å². The molecule has 210 valence electrons. The van der Waals surface area contributed by atoms with Gasteiger partial charge in [0.2, 0.25) is 5.89 Å². The highest BCUT2D eigenvalue weighted by molar-refractivity contribution is 6.26. The molecule has 0 amide bonds. The Bertz CT molecular complexity index is 2530. The van der Waals surface area contributed by atoms with Crippen LogP contribution in [0.5, 0.6) is 0 Å². The Labute approximate surface area is 258 Å². The first-order valence-corrected chi connectivity index (χ1v) is 14.9. The lowest BCUT2D eigenvalue weighted by Gasteiger charge is -2.13. The van der Waals surface area contributed by atoms with Crippen LogP contribution in [0.25, 0.3) is 89.0 Å². The lowest BCUT2D eigenvalue weighted by molar-refractivity contribution is 0.623. The molecule has 9 rings (SSSR count). The van der Waals surface area contributed by atoms with Gasteiger partial charge in [-0.25, -0.2) is 19.9 Å². The number of hydrogen-bond donors (Lipinski definition) is 0. The summed E-state index contributed by atoms with van der Waals surface area (Å²) in [6.45, 7) is 0. The van der Waals surface area contributed by atoms with Gasteiger partial charge in [-0.2, -0.15) is 0 Å². The summed E-state index contributed by atoms with van der Waals surface area (Å²) in [6.07, 6.45) is 0. The Hall–Kier alpha value is -6.20. The summed E-state index contributed by atoms with van der Waals surface area (Å²) in [6, 6.07) is 49.3. The molecule has 0 saturated heterocycles. The molecule has 45 heavy (non-hydrogen) atoms. The summed E-state index contributed by atoms with van der Waals surface area (Å²) >= 11 is 0. The zero-order valence-electron chi connectivity index (χ0n) is 24.1. The second kappa shape index (κ2) is 10.2. The quantitative estimate of drug-likeness (QED) is 0.195. The number of hydrogen-bond acceptors (Lipinski definition) is 5. The second-order valence-corrected chi connectivity index (χ2v) is 11.0. The summed E-state index contributed by atoms with van der Waals surface area (Å²) in [4.78, 5) is 20.3. The van der Waals surface area contributed by atoms with Gasteiger partial charge in [0, 0.05) is 38.4 Å². The number of benzene rings is 7. The average Bonchev–Trinajstić information content (AvgIpc) is 3.58. The lowest BCUT2D eigenvalue weighted by atomic mass is 9.96. The van der Waals surface area contributed by atoms with E-state index in [0.717, 1.165) is 65.7 Å². The Morgan fingerprint density at radius 3 is 1.73 bits per heavy atom. The van der Waals surface area contributed by atoms with Crippen molar-refractivity contribution in [2.75, 3.05) is 0 Å². The van der Waals surface area contributed by atoms with Crippen LogP contribution >= 0.6 is 0 Å². The molecule has 0 N–H and O–H groups in total. The van der Waals surface area contributed by atoms with Gasteiger partial charge in [-0.1, -0.05) is 133 Å². The Balaban J connectivity index is 1.36. The highest BCUT2D eigenvalue weighted by atomic mass is 16.3. The third-order valence-electron chi connectivity index (χ3n) is 8.35. The topological polar surface area (TPSA) is 64.7 Å². The van der Waals surface area contributed by atoms with Crippen molar-refractivity contribution in [1.82, 2.24) is 19.9 Å². The molecular formula is C40H24N4O. The standard InChI is InChI=1S/C40H24N4O/c1-3-14-26(15-4-1)37-42-38(31-22-11-18-25-13-7-8-19-28(25)31)44-39(43-37)33-24-12-23-32-34(33)29-20-9-10-21-30(29)35-36(32)45-40(41-35)27-16-5-2-6-17-27/h1-24H. The molecule has 7 aromatic carbocycles. The van der Waals surface area contributed by atoms with Crippen LogP contribution in [-0.4, -0.2) is 19.9 Å². The first-order chi connectivity index (χ1) is 22.3. The molecule has 0 aliphatic rings. The monoisotopic (exact) mass is 576 g/mol. The molecule has 2 aromatic heterocycles. The molecule has 0 bridgehead atoms. The highest BCUT2D eigenvalue weighted by Crippen LogP contribution is 2.41. The van der Waals surface area contributed by atoms with E-state index in [2.05, 4.69) is 72.8 Å². The Kier molecular flexibility index (Phi) is 5.74. The van der Waals surface area contributed by atoms with Gasteiger partial charge in [0.25, 0.3) is 0 Å². The molecule has 0 aliphatic heterocycles. The van der Waals surface area contributed by atoms with E-state index in [1.807, 2.05) is 72.8 Å². The highest BCUT2D eigenvalue weighted by Gasteiger charge is 2.21. The number of nitrogens with zero attached hydrogens (tertiary/aromatic N) is 4. The van der Waals surface area contributed by atoms with Crippen molar-refractivity contribution in [3.63, 3.8) is 0 Å². The molecule has 0 atom stereocenters. The summed E-state index contributed by atoms with van der Waals surface area (Å²) in [7, 11) is 0. The molecular weight excluding hydrogens is 552 g/mol. The predicted molar refractivity (Wildman–Crippen MR) is 182 cm³/mol. The van der Waals surface area contributed by atoms with Crippen LogP contribution in [0.2, 0.25) is 0 Å². The van der Waals surface area contributed by atoms with Crippen molar-refractivity contribution >= 4 is 43.4 Å². The molecule has 5 nitrogen and oxygen atoms in total. The molecule has 0 spiro atoms. The van der Waals surface area contributed by atoms with Gasteiger partial charge in [-0.3, -0.25) is 0 Å². The third kappa shape index (κ3) is 4.17. The second-order valence-electron chi connectivity index (χ2n) is 11.0. The minimum absolute atomic E-state index is 0.596. The van der Waals surface area contributed by atoms with Gasteiger partial charge in [0.05, 0.1) is 0 Å². The van der Waals surface area contributed by atoms with Crippen molar-refractivity contribution in [1.29, 1.82) is 0 Å². The summed E-state index contributed by atoms with van der Waals surface area (Å²) in [5.41, 5.74) is 5.32. The summed E-state index contributed by atoms with van der Waals surface area (Å²) in [5.74, 6) is 2.45. The fourth-order valence-corrected chi connectivity index (χ4v) is 6.27. The lowest BCUT2D eigenvalue weighted by Crippen LogP contribution is -2.01. The van der Waals surface area contributed by atoms with Gasteiger partial charge in [0.15, 0.2) is 23.1 Å². The number of oxazole rings is 1. The van der Waals surface area contributed by atoms with Crippen molar-refractivity contribution in [2.45, 2.75) is 0 Å². The maximum absolute atomic E-state index is 6.54. The SMILES string of the molecule is c1ccc(-c2nc(-c3cccc4ccccc34)nc(-c3cccc4c5oc(-c6ccccc6)nc5c5ccccc5c34)n2)cc1. The molecule has 5 heteroatoms. The minimum Gasteiger partial charge on any atom is -0.435 e. The fourth-order valence-electron chi connectivity index (χ4n) is 6.27. The van der Waals surface area contributed by atoms with Gasteiger partial charge >= 0.3 is 0 Å². The van der Waals surface area contributed by atoms with Gasteiger partial charge < -0.3 is 4.42 Å². The van der Waals surface area contributed by atoms with Crippen LogP contribution in [0.4, 0.5) is 0 Å². The molecule has 9 aromatic rings. The molecule has 0 radical (unpaired) electrons. The first kappa shape index (κ1) is 25.3. The zero-order chi connectivity index (χ0) is 29.7. The maximum atomic E-state index is 6.54. The van der Waals surface area contributed by atoms with Crippen LogP contribution in [0, 0.1) is 0 Å². The van der Waals surface area contributed by atoms with Gasteiger partial charge in [-0.15, -0.1) is 0 Å². The van der Waals surface area contributed by atoms with E-state index in [1.54, 1.807) is 0 Å². The zero-order valence-corrected chi connectivity index (χ0v) is 24.1. The maximum Gasteiger partial charge on any atom is 0.227 e. The van der Waals surface area contributed by atoms with E-state index in [4.69, 9.17) is 24.4 Å².